The van der Waals surface area contributed by atoms with Gasteiger partial charge in [0.1, 0.15) is 5.52 Å². The number of benzene rings is 1. The minimum atomic E-state index is 0.154. The second kappa shape index (κ2) is 7.68. The topological polar surface area (TPSA) is 58.4 Å². The molecular weight excluding hydrogens is 334 g/mol. The number of nitrogens with zero attached hydrogens (tertiary/aromatic N) is 2. The fourth-order valence-corrected chi connectivity index (χ4v) is 4.97. The number of nitrogens with one attached hydrogen (secondary N) is 1. The third-order valence-corrected chi connectivity index (χ3v) is 6.56. The molecule has 1 N–H and O–H groups in total. The predicted octanol–water partition coefficient (Wildman–Crippen LogP) is 3.59. The third-order valence-electron chi connectivity index (χ3n) is 5.19. The number of oxazole rings is 1. The van der Waals surface area contributed by atoms with E-state index in [1.807, 2.05) is 36.0 Å². The number of anilines is 1. The molecule has 1 saturated heterocycles. The average molecular weight is 359 g/mol. The van der Waals surface area contributed by atoms with Gasteiger partial charge in [0.15, 0.2) is 5.58 Å². The Balaban J connectivity index is 1.31. The summed E-state index contributed by atoms with van der Waals surface area (Å²) < 4.78 is 5.90. The van der Waals surface area contributed by atoms with Crippen molar-refractivity contribution in [2.45, 2.75) is 49.8 Å². The standard InChI is InChI=1S/C19H25N3O2S/c23-18(13-25-15-7-1-2-8-15)20-12-14-6-5-11-22(14)19-21-16-9-3-4-10-17(16)24-19/h3-4,9-10,14-15H,1-2,5-8,11-13H2,(H,20,23). The van der Waals surface area contributed by atoms with Crippen molar-refractivity contribution < 1.29 is 9.21 Å². The zero-order valence-corrected chi connectivity index (χ0v) is 15.3. The molecule has 25 heavy (non-hydrogen) atoms. The molecule has 5 nitrogen and oxygen atoms in total. The van der Waals surface area contributed by atoms with E-state index in [-0.39, 0.29) is 11.9 Å². The maximum atomic E-state index is 12.2. The van der Waals surface area contributed by atoms with Crippen LogP contribution in [0.4, 0.5) is 6.01 Å². The van der Waals surface area contributed by atoms with Crippen molar-refractivity contribution in [3.63, 3.8) is 0 Å². The number of para-hydroxylation sites is 2. The van der Waals surface area contributed by atoms with E-state index in [1.165, 1.54) is 25.7 Å². The number of rotatable bonds is 6. The molecule has 1 saturated carbocycles. The SMILES string of the molecule is O=C(CSC1CCCC1)NCC1CCCN1c1nc2ccccc2o1. The molecule has 0 spiro atoms. The predicted molar refractivity (Wildman–Crippen MR) is 102 cm³/mol. The van der Waals surface area contributed by atoms with E-state index in [4.69, 9.17) is 4.42 Å². The zero-order chi connectivity index (χ0) is 17.1. The van der Waals surface area contributed by atoms with E-state index in [0.717, 1.165) is 30.5 Å². The van der Waals surface area contributed by atoms with Crippen LogP contribution in [0, 0.1) is 0 Å². The van der Waals surface area contributed by atoms with Gasteiger partial charge in [-0.2, -0.15) is 4.98 Å². The van der Waals surface area contributed by atoms with Gasteiger partial charge < -0.3 is 14.6 Å². The van der Waals surface area contributed by atoms with Crippen LogP contribution in [0.1, 0.15) is 38.5 Å². The van der Waals surface area contributed by atoms with Crippen molar-refractivity contribution in [1.29, 1.82) is 0 Å². The Morgan fingerprint density at radius 1 is 1.24 bits per heavy atom. The first-order valence-electron chi connectivity index (χ1n) is 9.30. The second-order valence-electron chi connectivity index (χ2n) is 6.98. The lowest BCUT2D eigenvalue weighted by molar-refractivity contribution is -0.118. The highest BCUT2D eigenvalue weighted by atomic mass is 32.2. The van der Waals surface area contributed by atoms with E-state index in [1.54, 1.807) is 0 Å². The molecule has 0 bridgehead atoms. The number of carbonyl (C=O) groups is 1. The Labute approximate surface area is 152 Å². The van der Waals surface area contributed by atoms with Crippen LogP contribution in [-0.2, 0) is 4.79 Å². The first kappa shape index (κ1) is 16.8. The summed E-state index contributed by atoms with van der Waals surface area (Å²) in [6, 6.07) is 8.79. The highest BCUT2D eigenvalue weighted by molar-refractivity contribution is 8.00. The molecule has 6 heteroatoms. The van der Waals surface area contributed by atoms with Crippen LogP contribution in [0.2, 0.25) is 0 Å². The van der Waals surface area contributed by atoms with E-state index in [0.29, 0.717) is 23.6 Å². The van der Waals surface area contributed by atoms with Crippen LogP contribution in [0.5, 0.6) is 0 Å². The molecule has 2 aromatic rings. The minimum Gasteiger partial charge on any atom is -0.423 e. The molecule has 1 aliphatic heterocycles. The number of amides is 1. The van der Waals surface area contributed by atoms with E-state index in [2.05, 4.69) is 15.2 Å². The lowest BCUT2D eigenvalue weighted by Crippen LogP contribution is -2.41. The Morgan fingerprint density at radius 3 is 2.92 bits per heavy atom. The highest BCUT2D eigenvalue weighted by Gasteiger charge is 2.28. The van der Waals surface area contributed by atoms with Crippen molar-refractivity contribution in [3.8, 4) is 0 Å². The summed E-state index contributed by atoms with van der Waals surface area (Å²) >= 11 is 1.82. The first-order valence-corrected chi connectivity index (χ1v) is 10.3. The minimum absolute atomic E-state index is 0.154. The van der Waals surface area contributed by atoms with Gasteiger partial charge >= 0.3 is 0 Å². The normalized spacial score (nSPS) is 21.3. The molecule has 1 amide bonds. The van der Waals surface area contributed by atoms with Gasteiger partial charge in [-0.25, -0.2) is 0 Å². The van der Waals surface area contributed by atoms with Gasteiger partial charge in [-0.15, -0.1) is 11.8 Å². The molecule has 1 unspecified atom stereocenters. The number of fused-ring (bicyclic) bond motifs is 1. The molecule has 2 heterocycles. The van der Waals surface area contributed by atoms with Crippen LogP contribution in [0.15, 0.2) is 28.7 Å². The molecule has 1 aromatic carbocycles. The van der Waals surface area contributed by atoms with Crippen LogP contribution >= 0.6 is 11.8 Å². The molecule has 1 aromatic heterocycles. The largest absolute Gasteiger partial charge is 0.423 e. The fraction of sp³-hybridized carbons (Fsp3) is 0.579. The maximum absolute atomic E-state index is 12.2. The smallest absolute Gasteiger partial charge is 0.298 e. The van der Waals surface area contributed by atoms with Crippen molar-refractivity contribution in [2.75, 3.05) is 23.7 Å². The van der Waals surface area contributed by atoms with Crippen molar-refractivity contribution >= 4 is 34.8 Å². The summed E-state index contributed by atoms with van der Waals surface area (Å²) in [5.41, 5.74) is 1.71. The van der Waals surface area contributed by atoms with Crippen molar-refractivity contribution in [2.24, 2.45) is 0 Å². The Hall–Kier alpha value is -1.69. The second-order valence-corrected chi connectivity index (χ2v) is 8.26. The zero-order valence-electron chi connectivity index (χ0n) is 14.4. The summed E-state index contributed by atoms with van der Waals surface area (Å²) in [4.78, 5) is 19.0. The lowest BCUT2D eigenvalue weighted by Gasteiger charge is -2.23. The molecule has 134 valence electrons. The quantitative estimate of drug-likeness (QED) is 0.854. The van der Waals surface area contributed by atoms with Crippen molar-refractivity contribution in [1.82, 2.24) is 10.3 Å². The van der Waals surface area contributed by atoms with Gasteiger partial charge in [-0.3, -0.25) is 4.79 Å². The van der Waals surface area contributed by atoms with Crippen molar-refractivity contribution in [3.05, 3.63) is 24.3 Å². The van der Waals surface area contributed by atoms with E-state index in [9.17, 15) is 4.79 Å². The lowest BCUT2D eigenvalue weighted by atomic mass is 10.2. The Morgan fingerprint density at radius 2 is 2.08 bits per heavy atom. The summed E-state index contributed by atoms with van der Waals surface area (Å²) in [5, 5.41) is 3.80. The Kier molecular flexibility index (Phi) is 5.15. The molecule has 0 radical (unpaired) electrons. The summed E-state index contributed by atoms with van der Waals surface area (Å²) in [6.45, 7) is 1.60. The monoisotopic (exact) mass is 359 g/mol. The van der Waals surface area contributed by atoms with Gasteiger partial charge in [0.25, 0.3) is 6.01 Å². The highest BCUT2D eigenvalue weighted by Crippen LogP contribution is 2.30. The van der Waals surface area contributed by atoms with Crippen LogP contribution in [-0.4, -0.2) is 41.0 Å². The van der Waals surface area contributed by atoms with E-state index >= 15 is 0 Å². The van der Waals surface area contributed by atoms with Gasteiger partial charge in [0, 0.05) is 18.3 Å². The van der Waals surface area contributed by atoms with Gasteiger partial charge in [-0.1, -0.05) is 25.0 Å². The third kappa shape index (κ3) is 3.94. The Bertz CT molecular complexity index is 693. The van der Waals surface area contributed by atoms with Crippen LogP contribution in [0.25, 0.3) is 11.1 Å². The van der Waals surface area contributed by atoms with Gasteiger partial charge in [0.05, 0.1) is 11.8 Å². The van der Waals surface area contributed by atoms with Crippen LogP contribution < -0.4 is 10.2 Å². The maximum Gasteiger partial charge on any atom is 0.298 e. The van der Waals surface area contributed by atoms with Crippen LogP contribution in [0.3, 0.4) is 0 Å². The number of hydrogen-bond acceptors (Lipinski definition) is 5. The number of aromatic nitrogens is 1. The van der Waals surface area contributed by atoms with Gasteiger partial charge in [-0.05, 0) is 37.8 Å². The first-order chi connectivity index (χ1) is 12.3. The number of thioether (sulfide) groups is 1. The summed E-state index contributed by atoms with van der Waals surface area (Å²) in [5.74, 6) is 0.738. The molecule has 1 atom stereocenters. The molecule has 4 rings (SSSR count). The number of hydrogen-bond donors (Lipinski definition) is 1. The van der Waals surface area contributed by atoms with Gasteiger partial charge in [0.2, 0.25) is 5.91 Å². The molecule has 2 fully saturated rings. The molecule has 2 aliphatic rings. The van der Waals surface area contributed by atoms with E-state index < -0.39 is 0 Å². The summed E-state index contributed by atoms with van der Waals surface area (Å²) in [7, 11) is 0. The molecular formula is C19H25N3O2S. The fourth-order valence-electron chi connectivity index (χ4n) is 3.81. The number of carbonyl (C=O) groups excluding carboxylic acids is 1. The average Bonchev–Trinajstić information content (AvgIpc) is 3.37. The molecule has 1 aliphatic carbocycles. The summed E-state index contributed by atoms with van der Waals surface area (Å²) in [6.07, 6.45) is 7.35.